The third-order valence-corrected chi connectivity index (χ3v) is 4.73. The summed E-state index contributed by atoms with van der Waals surface area (Å²) in [5, 5.41) is 0. The van der Waals surface area contributed by atoms with Gasteiger partial charge in [0.15, 0.2) is 5.78 Å². The summed E-state index contributed by atoms with van der Waals surface area (Å²) in [6.45, 7) is 2.03. The molecule has 3 heteroatoms. The van der Waals surface area contributed by atoms with Gasteiger partial charge >= 0.3 is 0 Å². The van der Waals surface area contributed by atoms with Crippen molar-refractivity contribution in [1.29, 1.82) is 0 Å². The number of hydrogen-bond acceptors (Lipinski definition) is 2. The van der Waals surface area contributed by atoms with Crippen LogP contribution < -0.4 is 0 Å². The first-order chi connectivity index (χ1) is 6.18. The first-order valence-corrected chi connectivity index (χ1v) is 6.09. The normalized spacial score (nSPS) is 17.1. The number of aryl methyl sites for hydroxylation is 1. The smallest absolute Gasteiger partial charge is 0.175 e. The molecule has 1 aliphatic rings. The molecule has 0 N–H and O–H groups in total. The van der Waals surface area contributed by atoms with E-state index < -0.39 is 0 Å². The van der Waals surface area contributed by atoms with Crippen LogP contribution in [0.25, 0.3) is 0 Å². The van der Waals surface area contributed by atoms with Gasteiger partial charge < -0.3 is 0 Å². The summed E-state index contributed by atoms with van der Waals surface area (Å²) in [5.41, 5.74) is 1.17. The van der Waals surface area contributed by atoms with Crippen LogP contribution in [0.5, 0.6) is 0 Å². The van der Waals surface area contributed by atoms with Crippen LogP contribution in [-0.2, 0) is 0 Å². The number of hydrogen-bond donors (Lipinski definition) is 0. The van der Waals surface area contributed by atoms with Crippen LogP contribution in [0.15, 0.2) is 9.85 Å². The minimum absolute atomic E-state index is 0.324. The number of rotatable bonds is 2. The lowest BCUT2D eigenvalue weighted by Gasteiger charge is -2.22. The molecule has 0 saturated heterocycles. The molecule has 1 aliphatic carbocycles. The van der Waals surface area contributed by atoms with Crippen molar-refractivity contribution in [2.24, 2.45) is 5.92 Å². The van der Waals surface area contributed by atoms with Crippen molar-refractivity contribution in [2.75, 3.05) is 0 Å². The molecule has 0 unspecified atom stereocenters. The Hall–Kier alpha value is -0.150. The second-order valence-electron chi connectivity index (χ2n) is 3.56. The van der Waals surface area contributed by atoms with Gasteiger partial charge in [0.25, 0.3) is 0 Å². The number of thiophene rings is 1. The van der Waals surface area contributed by atoms with Gasteiger partial charge in [-0.1, -0.05) is 6.42 Å². The highest BCUT2D eigenvalue weighted by Crippen LogP contribution is 2.34. The fourth-order valence-corrected chi connectivity index (χ4v) is 3.01. The van der Waals surface area contributed by atoms with Crippen LogP contribution >= 0.6 is 27.3 Å². The van der Waals surface area contributed by atoms with E-state index in [-0.39, 0.29) is 0 Å². The molecular weight excluding hydrogens is 248 g/mol. The van der Waals surface area contributed by atoms with Gasteiger partial charge in [0, 0.05) is 5.92 Å². The van der Waals surface area contributed by atoms with Gasteiger partial charge in [0.1, 0.15) is 0 Å². The van der Waals surface area contributed by atoms with Gasteiger partial charge in [-0.05, 0) is 47.3 Å². The number of carbonyl (C=O) groups is 1. The lowest BCUT2D eigenvalue weighted by Crippen LogP contribution is -2.20. The Morgan fingerprint density at radius 3 is 2.69 bits per heavy atom. The molecule has 1 aromatic rings. The number of carbonyl (C=O) groups excluding carboxylic acids is 1. The van der Waals surface area contributed by atoms with Gasteiger partial charge in [0.05, 0.1) is 8.66 Å². The monoisotopic (exact) mass is 258 g/mol. The Labute approximate surface area is 90.3 Å². The van der Waals surface area contributed by atoms with Crippen LogP contribution in [0, 0.1) is 12.8 Å². The van der Waals surface area contributed by atoms with E-state index in [9.17, 15) is 4.79 Å². The maximum atomic E-state index is 11.8. The fourth-order valence-electron chi connectivity index (χ4n) is 1.45. The van der Waals surface area contributed by atoms with E-state index in [1.165, 1.54) is 12.0 Å². The van der Waals surface area contributed by atoms with Crippen LogP contribution in [0.1, 0.15) is 34.5 Å². The Bertz CT molecular complexity index is 319. The number of ketones is 1. The predicted octanol–water partition coefficient (Wildman–Crippen LogP) is 3.80. The van der Waals surface area contributed by atoms with Crippen molar-refractivity contribution >= 4 is 33.0 Å². The van der Waals surface area contributed by atoms with E-state index in [1.54, 1.807) is 11.3 Å². The average Bonchev–Trinajstić information content (AvgIpc) is 2.28. The molecule has 70 valence electrons. The first kappa shape index (κ1) is 9.41. The summed E-state index contributed by atoms with van der Waals surface area (Å²) in [5.74, 6) is 0.676. The van der Waals surface area contributed by atoms with Gasteiger partial charge in [-0.15, -0.1) is 11.3 Å². The van der Waals surface area contributed by atoms with Crippen molar-refractivity contribution < 1.29 is 4.79 Å². The lowest BCUT2D eigenvalue weighted by atomic mass is 9.82. The molecule has 0 aliphatic heterocycles. The van der Waals surface area contributed by atoms with Crippen LogP contribution in [0.2, 0.25) is 0 Å². The lowest BCUT2D eigenvalue weighted by molar-refractivity contribution is 0.0859. The Balaban J connectivity index is 2.19. The van der Waals surface area contributed by atoms with Crippen molar-refractivity contribution in [1.82, 2.24) is 0 Å². The van der Waals surface area contributed by atoms with Crippen LogP contribution in [0.4, 0.5) is 0 Å². The first-order valence-electron chi connectivity index (χ1n) is 4.48. The van der Waals surface area contributed by atoms with Gasteiger partial charge in [-0.3, -0.25) is 4.79 Å². The molecule has 13 heavy (non-hydrogen) atoms. The molecule has 0 atom stereocenters. The zero-order valence-electron chi connectivity index (χ0n) is 7.47. The van der Waals surface area contributed by atoms with E-state index in [0.29, 0.717) is 11.7 Å². The summed E-state index contributed by atoms with van der Waals surface area (Å²) in [6, 6.07) is 2.00. The molecule has 1 aromatic heterocycles. The number of halogens is 1. The molecule has 0 aromatic carbocycles. The molecule has 1 fully saturated rings. The molecular formula is C10H11BrOS. The molecule has 0 spiro atoms. The standard InChI is InChI=1S/C10H11BrOS/c1-6-5-8(13-10(6)11)9(12)7-3-2-4-7/h5,7H,2-4H2,1H3. The van der Waals surface area contributed by atoms with Crippen LogP contribution in [0.3, 0.4) is 0 Å². The van der Waals surface area contributed by atoms with Crippen molar-refractivity contribution in [2.45, 2.75) is 26.2 Å². The summed E-state index contributed by atoms with van der Waals surface area (Å²) in [4.78, 5) is 12.7. The number of Topliss-reactive ketones (excluding diaryl/α,β-unsaturated/α-hetero) is 1. The second kappa shape index (κ2) is 3.54. The van der Waals surface area contributed by atoms with E-state index in [4.69, 9.17) is 0 Å². The Kier molecular flexibility index (Phi) is 2.56. The highest BCUT2D eigenvalue weighted by atomic mass is 79.9. The highest BCUT2D eigenvalue weighted by molar-refractivity contribution is 9.11. The van der Waals surface area contributed by atoms with Crippen molar-refractivity contribution in [3.8, 4) is 0 Å². The summed E-state index contributed by atoms with van der Waals surface area (Å²) in [6.07, 6.45) is 3.41. The zero-order valence-corrected chi connectivity index (χ0v) is 9.87. The second-order valence-corrected chi connectivity index (χ2v) is 5.93. The summed E-state index contributed by atoms with van der Waals surface area (Å²) >= 11 is 5.01. The maximum Gasteiger partial charge on any atom is 0.175 e. The van der Waals surface area contributed by atoms with Crippen molar-refractivity contribution in [3.05, 3.63) is 20.3 Å². The molecule has 0 amide bonds. The minimum Gasteiger partial charge on any atom is -0.293 e. The third-order valence-electron chi connectivity index (χ3n) is 2.58. The maximum absolute atomic E-state index is 11.8. The molecule has 1 nitrogen and oxygen atoms in total. The highest BCUT2D eigenvalue weighted by Gasteiger charge is 2.27. The molecule has 1 heterocycles. The van der Waals surface area contributed by atoms with Gasteiger partial charge in [-0.2, -0.15) is 0 Å². The molecule has 2 rings (SSSR count). The summed E-state index contributed by atoms with van der Waals surface area (Å²) in [7, 11) is 0. The topological polar surface area (TPSA) is 17.1 Å². The zero-order chi connectivity index (χ0) is 9.42. The van der Waals surface area contributed by atoms with Gasteiger partial charge in [-0.25, -0.2) is 0 Å². The predicted molar refractivity (Wildman–Crippen MR) is 58.4 cm³/mol. The van der Waals surface area contributed by atoms with Crippen molar-refractivity contribution in [3.63, 3.8) is 0 Å². The Morgan fingerprint density at radius 2 is 2.31 bits per heavy atom. The Morgan fingerprint density at radius 1 is 1.62 bits per heavy atom. The molecule has 0 radical (unpaired) electrons. The quantitative estimate of drug-likeness (QED) is 0.738. The molecule has 0 bridgehead atoms. The minimum atomic E-state index is 0.324. The van der Waals surface area contributed by atoms with Gasteiger partial charge in [0.2, 0.25) is 0 Å². The molecule has 1 saturated carbocycles. The van der Waals surface area contributed by atoms with E-state index >= 15 is 0 Å². The summed E-state index contributed by atoms with van der Waals surface area (Å²) < 4.78 is 1.09. The van der Waals surface area contributed by atoms with Crippen LogP contribution in [-0.4, -0.2) is 5.78 Å². The SMILES string of the molecule is Cc1cc(C(=O)C2CCC2)sc1Br. The van der Waals surface area contributed by atoms with E-state index in [0.717, 1.165) is 21.5 Å². The third kappa shape index (κ3) is 1.72. The average molecular weight is 259 g/mol. The van der Waals surface area contributed by atoms with E-state index in [2.05, 4.69) is 15.9 Å². The fraction of sp³-hybridized carbons (Fsp3) is 0.500. The van der Waals surface area contributed by atoms with E-state index in [1.807, 2.05) is 13.0 Å². The largest absolute Gasteiger partial charge is 0.293 e.